The molecule has 0 radical (unpaired) electrons. The molecule has 0 aromatic heterocycles. The maximum atomic E-state index is 5.54. The number of hydrogen-bond donors (Lipinski definition) is 0. The molecule has 1 aliphatic rings. The van der Waals surface area contributed by atoms with E-state index in [9.17, 15) is 0 Å². The van der Waals surface area contributed by atoms with Gasteiger partial charge < -0.3 is 14.5 Å². The minimum Gasteiger partial charge on any atom is -0.379 e. The molecule has 0 atom stereocenters. The second kappa shape index (κ2) is 7.20. The molecule has 0 unspecified atom stereocenters. The van der Waals surface area contributed by atoms with Crippen LogP contribution >= 0.6 is 0 Å². The summed E-state index contributed by atoms with van der Waals surface area (Å²) in [5.41, 5.74) is 0. The fourth-order valence-corrected chi connectivity index (χ4v) is 1.94. The number of rotatable bonds is 6. The van der Waals surface area contributed by atoms with Crippen LogP contribution in [-0.4, -0.2) is 61.8 Å². The Labute approximate surface area is 94.4 Å². The largest absolute Gasteiger partial charge is 0.379 e. The van der Waals surface area contributed by atoms with Gasteiger partial charge >= 0.3 is 0 Å². The first-order valence-corrected chi connectivity index (χ1v) is 6.28. The minimum absolute atomic E-state index is 0.377. The molecular formula is C12H26N2O. The van der Waals surface area contributed by atoms with Gasteiger partial charge in [-0.1, -0.05) is 6.92 Å². The Morgan fingerprint density at radius 3 is 2.20 bits per heavy atom. The van der Waals surface area contributed by atoms with Gasteiger partial charge in [0.25, 0.3) is 0 Å². The van der Waals surface area contributed by atoms with E-state index in [4.69, 9.17) is 4.74 Å². The molecule has 90 valence electrons. The zero-order chi connectivity index (χ0) is 11.1. The first-order valence-electron chi connectivity index (χ1n) is 6.28. The Hall–Kier alpha value is -0.120. The molecule has 0 aliphatic carbocycles. The van der Waals surface area contributed by atoms with Gasteiger partial charge in [-0.05, 0) is 26.8 Å². The lowest BCUT2D eigenvalue weighted by Gasteiger charge is -2.33. The van der Waals surface area contributed by atoms with Crippen molar-refractivity contribution in [2.24, 2.45) is 0 Å². The van der Waals surface area contributed by atoms with E-state index in [0.29, 0.717) is 6.10 Å². The molecular weight excluding hydrogens is 188 g/mol. The van der Waals surface area contributed by atoms with E-state index in [1.807, 2.05) is 0 Å². The van der Waals surface area contributed by atoms with Crippen molar-refractivity contribution in [2.75, 3.05) is 45.9 Å². The minimum atomic E-state index is 0.377. The van der Waals surface area contributed by atoms with Crippen LogP contribution in [0.1, 0.15) is 27.2 Å². The van der Waals surface area contributed by atoms with E-state index in [0.717, 1.165) is 6.61 Å². The number of hydrogen-bond acceptors (Lipinski definition) is 3. The predicted octanol–water partition coefficient (Wildman–Crippen LogP) is 1.44. The van der Waals surface area contributed by atoms with Crippen molar-refractivity contribution < 1.29 is 4.74 Å². The normalized spacial score (nSPS) is 20.0. The molecule has 1 aliphatic heterocycles. The summed E-state index contributed by atoms with van der Waals surface area (Å²) in [5.74, 6) is 0. The van der Waals surface area contributed by atoms with Crippen LogP contribution in [0.4, 0.5) is 0 Å². The van der Waals surface area contributed by atoms with E-state index in [-0.39, 0.29) is 0 Å². The van der Waals surface area contributed by atoms with Gasteiger partial charge in [-0.25, -0.2) is 0 Å². The van der Waals surface area contributed by atoms with Crippen molar-refractivity contribution in [1.29, 1.82) is 0 Å². The molecule has 0 N–H and O–H groups in total. The smallest absolute Gasteiger partial charge is 0.0518 e. The Kier molecular flexibility index (Phi) is 6.22. The molecule has 0 aromatic rings. The van der Waals surface area contributed by atoms with Crippen LogP contribution in [0.3, 0.4) is 0 Å². The summed E-state index contributed by atoms with van der Waals surface area (Å²) in [6.07, 6.45) is 1.55. The van der Waals surface area contributed by atoms with Gasteiger partial charge in [0.05, 0.1) is 6.10 Å². The fraction of sp³-hybridized carbons (Fsp3) is 1.00. The summed E-state index contributed by atoms with van der Waals surface area (Å²) in [4.78, 5) is 5.07. The lowest BCUT2D eigenvalue weighted by molar-refractivity contribution is 0.0642. The lowest BCUT2D eigenvalue weighted by Crippen LogP contribution is -2.46. The summed E-state index contributed by atoms with van der Waals surface area (Å²) < 4.78 is 5.54. The van der Waals surface area contributed by atoms with E-state index < -0.39 is 0 Å². The molecule has 15 heavy (non-hydrogen) atoms. The molecule has 0 spiro atoms. The zero-order valence-electron chi connectivity index (χ0n) is 10.5. The summed E-state index contributed by atoms with van der Waals surface area (Å²) in [6, 6.07) is 0. The Balaban J connectivity index is 1.99. The molecule has 0 bridgehead atoms. The molecule has 1 saturated heterocycles. The van der Waals surface area contributed by atoms with Crippen LogP contribution in [0, 0.1) is 0 Å². The standard InChI is InChI=1S/C12H26N2O/c1-4-13-7-9-14(10-8-13)6-5-11-15-12(2)3/h12H,4-11H2,1-3H3. The first kappa shape index (κ1) is 12.9. The molecule has 3 heteroatoms. The summed E-state index contributed by atoms with van der Waals surface area (Å²) in [5, 5.41) is 0. The van der Waals surface area contributed by atoms with Crippen molar-refractivity contribution in [3.05, 3.63) is 0 Å². The maximum Gasteiger partial charge on any atom is 0.0518 e. The van der Waals surface area contributed by atoms with Crippen molar-refractivity contribution in [3.63, 3.8) is 0 Å². The average molecular weight is 214 g/mol. The van der Waals surface area contributed by atoms with Gasteiger partial charge in [-0.15, -0.1) is 0 Å². The molecule has 0 saturated carbocycles. The van der Waals surface area contributed by atoms with Crippen molar-refractivity contribution in [2.45, 2.75) is 33.3 Å². The second-order valence-electron chi connectivity index (χ2n) is 4.55. The Morgan fingerprint density at radius 1 is 1.07 bits per heavy atom. The molecule has 1 fully saturated rings. The zero-order valence-corrected chi connectivity index (χ0v) is 10.5. The summed E-state index contributed by atoms with van der Waals surface area (Å²) in [6.45, 7) is 14.7. The van der Waals surface area contributed by atoms with E-state index in [1.54, 1.807) is 0 Å². The summed E-state index contributed by atoms with van der Waals surface area (Å²) >= 11 is 0. The van der Waals surface area contributed by atoms with Gasteiger partial charge in [0, 0.05) is 39.3 Å². The van der Waals surface area contributed by atoms with E-state index >= 15 is 0 Å². The average Bonchev–Trinajstić information content (AvgIpc) is 2.25. The molecule has 0 aromatic carbocycles. The van der Waals surface area contributed by atoms with Crippen molar-refractivity contribution >= 4 is 0 Å². The number of nitrogens with zero attached hydrogens (tertiary/aromatic N) is 2. The molecule has 0 amide bonds. The molecule has 3 nitrogen and oxygen atoms in total. The highest BCUT2D eigenvalue weighted by Crippen LogP contribution is 2.02. The molecule has 1 heterocycles. The Morgan fingerprint density at radius 2 is 1.67 bits per heavy atom. The third kappa shape index (κ3) is 5.50. The summed E-state index contributed by atoms with van der Waals surface area (Å²) in [7, 11) is 0. The fourth-order valence-electron chi connectivity index (χ4n) is 1.94. The third-order valence-electron chi connectivity index (χ3n) is 2.98. The van der Waals surface area contributed by atoms with Crippen LogP contribution in [-0.2, 0) is 4.74 Å². The Bertz CT molecular complexity index is 154. The SMILES string of the molecule is CCN1CCN(CCCOC(C)C)CC1. The second-order valence-corrected chi connectivity index (χ2v) is 4.55. The van der Waals surface area contributed by atoms with Crippen LogP contribution in [0.25, 0.3) is 0 Å². The number of ether oxygens (including phenoxy) is 1. The molecule has 1 rings (SSSR count). The lowest BCUT2D eigenvalue weighted by atomic mass is 10.3. The highest BCUT2D eigenvalue weighted by molar-refractivity contribution is 4.70. The van der Waals surface area contributed by atoms with Gasteiger partial charge in [-0.2, -0.15) is 0 Å². The number of piperazine rings is 1. The van der Waals surface area contributed by atoms with E-state index in [1.165, 1.54) is 45.7 Å². The van der Waals surface area contributed by atoms with E-state index in [2.05, 4.69) is 30.6 Å². The first-order chi connectivity index (χ1) is 7.22. The van der Waals surface area contributed by atoms with Gasteiger partial charge in [-0.3, -0.25) is 0 Å². The van der Waals surface area contributed by atoms with Gasteiger partial charge in [0.1, 0.15) is 0 Å². The highest BCUT2D eigenvalue weighted by atomic mass is 16.5. The predicted molar refractivity (Wildman–Crippen MR) is 64.3 cm³/mol. The third-order valence-corrected chi connectivity index (χ3v) is 2.98. The van der Waals surface area contributed by atoms with Crippen LogP contribution in [0.5, 0.6) is 0 Å². The van der Waals surface area contributed by atoms with Crippen LogP contribution in [0.2, 0.25) is 0 Å². The van der Waals surface area contributed by atoms with Gasteiger partial charge in [0.15, 0.2) is 0 Å². The van der Waals surface area contributed by atoms with Gasteiger partial charge in [0.2, 0.25) is 0 Å². The van der Waals surface area contributed by atoms with Crippen molar-refractivity contribution in [3.8, 4) is 0 Å². The number of likely N-dealkylation sites (N-methyl/N-ethyl adjacent to an activating group) is 1. The monoisotopic (exact) mass is 214 g/mol. The highest BCUT2D eigenvalue weighted by Gasteiger charge is 2.14. The van der Waals surface area contributed by atoms with Crippen molar-refractivity contribution in [1.82, 2.24) is 9.80 Å². The van der Waals surface area contributed by atoms with Crippen LogP contribution in [0.15, 0.2) is 0 Å². The van der Waals surface area contributed by atoms with Crippen LogP contribution < -0.4 is 0 Å². The topological polar surface area (TPSA) is 15.7 Å². The maximum absolute atomic E-state index is 5.54. The quantitative estimate of drug-likeness (QED) is 0.622.